The maximum absolute atomic E-state index is 13.5. The van der Waals surface area contributed by atoms with Crippen molar-refractivity contribution in [3.05, 3.63) is 60.2 Å². The molecule has 3 aromatic rings. The monoisotopic (exact) mass is 285 g/mol. The van der Waals surface area contributed by atoms with Crippen LogP contribution < -0.4 is 5.32 Å². The van der Waals surface area contributed by atoms with E-state index in [9.17, 15) is 4.39 Å². The average Bonchev–Trinajstić information content (AvgIpc) is 2.92. The molecule has 1 atom stereocenters. The predicted molar refractivity (Wildman–Crippen MR) is 77.3 cm³/mol. The van der Waals surface area contributed by atoms with Crippen molar-refractivity contribution < 1.29 is 4.39 Å². The lowest BCUT2D eigenvalue weighted by atomic mass is 10.0. The normalized spacial score (nSPS) is 12.7. The highest BCUT2D eigenvalue weighted by atomic mass is 19.1. The van der Waals surface area contributed by atoms with Crippen LogP contribution in [0.25, 0.3) is 5.52 Å². The molecular weight excluding hydrogens is 269 g/mol. The molecule has 108 valence electrons. The van der Waals surface area contributed by atoms with Gasteiger partial charge in [0.15, 0.2) is 0 Å². The van der Waals surface area contributed by atoms with Crippen molar-refractivity contribution in [2.24, 2.45) is 0 Å². The Morgan fingerprint density at radius 1 is 1.24 bits per heavy atom. The first-order chi connectivity index (χ1) is 10.3. The van der Waals surface area contributed by atoms with Crippen molar-refractivity contribution in [3.63, 3.8) is 0 Å². The van der Waals surface area contributed by atoms with Crippen LogP contribution in [0.5, 0.6) is 0 Å². The van der Waals surface area contributed by atoms with E-state index in [0.717, 1.165) is 29.6 Å². The molecule has 0 saturated carbocycles. The number of rotatable bonds is 5. The van der Waals surface area contributed by atoms with Crippen molar-refractivity contribution in [3.8, 4) is 0 Å². The standard InChI is InChI=1S/C15H16FN5/c1-2-3-19-15(11-6-12(16)8-18-7-11)13-9-20-21-5-4-17-10-14(13)21/h4-10,15,19H,2-3H2,1H3. The Morgan fingerprint density at radius 2 is 2.14 bits per heavy atom. The molecule has 6 heteroatoms. The molecule has 0 aromatic carbocycles. The summed E-state index contributed by atoms with van der Waals surface area (Å²) in [4.78, 5) is 8.09. The Labute approximate surface area is 121 Å². The smallest absolute Gasteiger partial charge is 0.141 e. The van der Waals surface area contributed by atoms with Crippen LogP contribution in [0, 0.1) is 5.82 Å². The van der Waals surface area contributed by atoms with Gasteiger partial charge >= 0.3 is 0 Å². The lowest BCUT2D eigenvalue weighted by Crippen LogP contribution is -2.23. The first-order valence-corrected chi connectivity index (χ1v) is 6.90. The summed E-state index contributed by atoms with van der Waals surface area (Å²) in [5.41, 5.74) is 2.64. The number of aromatic nitrogens is 4. The summed E-state index contributed by atoms with van der Waals surface area (Å²) in [6.07, 6.45) is 10.9. The topological polar surface area (TPSA) is 55.1 Å². The van der Waals surface area contributed by atoms with Crippen LogP contribution in [0.2, 0.25) is 0 Å². The molecule has 1 unspecified atom stereocenters. The highest BCUT2D eigenvalue weighted by molar-refractivity contribution is 5.55. The van der Waals surface area contributed by atoms with E-state index in [0.29, 0.717) is 0 Å². The molecule has 5 nitrogen and oxygen atoms in total. The van der Waals surface area contributed by atoms with Gasteiger partial charge in [-0.3, -0.25) is 9.97 Å². The number of hydrogen-bond donors (Lipinski definition) is 1. The largest absolute Gasteiger partial charge is 0.306 e. The van der Waals surface area contributed by atoms with Gasteiger partial charge in [-0.2, -0.15) is 5.10 Å². The van der Waals surface area contributed by atoms with Crippen LogP contribution in [0.15, 0.2) is 43.2 Å². The molecule has 0 bridgehead atoms. The van der Waals surface area contributed by atoms with Gasteiger partial charge in [-0.1, -0.05) is 6.92 Å². The van der Waals surface area contributed by atoms with E-state index in [1.807, 2.05) is 0 Å². The summed E-state index contributed by atoms with van der Waals surface area (Å²) in [6.45, 7) is 2.91. The Balaban J connectivity index is 2.06. The molecule has 0 radical (unpaired) electrons. The van der Waals surface area contributed by atoms with Crippen molar-refractivity contribution in [1.29, 1.82) is 0 Å². The molecule has 0 amide bonds. The molecule has 0 spiro atoms. The Morgan fingerprint density at radius 3 is 2.95 bits per heavy atom. The fourth-order valence-corrected chi connectivity index (χ4v) is 2.36. The summed E-state index contributed by atoms with van der Waals surface area (Å²) < 4.78 is 15.2. The second kappa shape index (κ2) is 5.97. The highest BCUT2D eigenvalue weighted by Gasteiger charge is 2.18. The van der Waals surface area contributed by atoms with Gasteiger partial charge < -0.3 is 5.32 Å². The van der Waals surface area contributed by atoms with Gasteiger partial charge in [0.2, 0.25) is 0 Å². The summed E-state index contributed by atoms with van der Waals surface area (Å²) in [7, 11) is 0. The second-order valence-corrected chi connectivity index (χ2v) is 4.83. The van der Waals surface area contributed by atoms with Gasteiger partial charge in [0, 0.05) is 24.2 Å². The fourth-order valence-electron chi connectivity index (χ4n) is 2.36. The van der Waals surface area contributed by atoms with Crippen LogP contribution in [-0.4, -0.2) is 26.1 Å². The van der Waals surface area contributed by atoms with Crippen molar-refractivity contribution in [2.75, 3.05) is 6.54 Å². The van der Waals surface area contributed by atoms with Gasteiger partial charge in [0.1, 0.15) is 5.82 Å². The van der Waals surface area contributed by atoms with E-state index in [2.05, 4.69) is 27.3 Å². The Hall–Kier alpha value is -2.34. The maximum Gasteiger partial charge on any atom is 0.141 e. The Bertz CT molecular complexity index is 740. The minimum Gasteiger partial charge on any atom is -0.306 e. The summed E-state index contributed by atoms with van der Waals surface area (Å²) in [5.74, 6) is -0.342. The summed E-state index contributed by atoms with van der Waals surface area (Å²) >= 11 is 0. The van der Waals surface area contributed by atoms with E-state index in [-0.39, 0.29) is 11.9 Å². The number of nitrogens with one attached hydrogen (secondary N) is 1. The molecule has 0 fully saturated rings. The molecule has 0 saturated heterocycles. The predicted octanol–water partition coefficient (Wildman–Crippen LogP) is 2.35. The van der Waals surface area contributed by atoms with Gasteiger partial charge in [-0.05, 0) is 24.6 Å². The molecular formula is C15H16FN5. The number of halogens is 1. The third kappa shape index (κ3) is 2.75. The zero-order valence-electron chi connectivity index (χ0n) is 11.7. The van der Waals surface area contributed by atoms with E-state index in [1.165, 1.54) is 12.3 Å². The lowest BCUT2D eigenvalue weighted by molar-refractivity contribution is 0.582. The molecule has 0 aliphatic rings. The van der Waals surface area contributed by atoms with Gasteiger partial charge in [0.05, 0.1) is 30.1 Å². The third-order valence-electron chi connectivity index (χ3n) is 3.32. The van der Waals surface area contributed by atoms with Crippen LogP contribution in [0.3, 0.4) is 0 Å². The SMILES string of the molecule is CCCNC(c1cncc(F)c1)c1cnn2ccncc12. The molecule has 0 aliphatic carbocycles. The first-order valence-electron chi connectivity index (χ1n) is 6.90. The second-order valence-electron chi connectivity index (χ2n) is 4.83. The average molecular weight is 285 g/mol. The van der Waals surface area contributed by atoms with Crippen LogP contribution >= 0.6 is 0 Å². The maximum atomic E-state index is 13.5. The zero-order chi connectivity index (χ0) is 14.7. The van der Waals surface area contributed by atoms with E-state index >= 15 is 0 Å². The lowest BCUT2D eigenvalue weighted by Gasteiger charge is -2.18. The minimum absolute atomic E-state index is 0.158. The fraction of sp³-hybridized carbons (Fsp3) is 0.267. The zero-order valence-corrected chi connectivity index (χ0v) is 11.7. The number of fused-ring (bicyclic) bond motifs is 1. The number of nitrogens with zero attached hydrogens (tertiary/aromatic N) is 4. The summed E-state index contributed by atoms with van der Waals surface area (Å²) in [5, 5.41) is 7.74. The molecule has 1 N–H and O–H groups in total. The molecule has 3 heterocycles. The highest BCUT2D eigenvalue weighted by Crippen LogP contribution is 2.25. The Kier molecular flexibility index (Phi) is 3.87. The van der Waals surface area contributed by atoms with Gasteiger partial charge in [-0.15, -0.1) is 0 Å². The number of hydrogen-bond acceptors (Lipinski definition) is 4. The van der Waals surface area contributed by atoms with Gasteiger partial charge in [0.25, 0.3) is 0 Å². The minimum atomic E-state index is -0.342. The molecule has 0 aliphatic heterocycles. The van der Waals surface area contributed by atoms with E-state index in [1.54, 1.807) is 35.5 Å². The van der Waals surface area contributed by atoms with Gasteiger partial charge in [-0.25, -0.2) is 8.91 Å². The van der Waals surface area contributed by atoms with Crippen LogP contribution in [0.4, 0.5) is 4.39 Å². The molecule has 3 rings (SSSR count). The molecule has 21 heavy (non-hydrogen) atoms. The quantitative estimate of drug-likeness (QED) is 0.782. The third-order valence-corrected chi connectivity index (χ3v) is 3.32. The van der Waals surface area contributed by atoms with E-state index in [4.69, 9.17) is 0 Å². The van der Waals surface area contributed by atoms with E-state index < -0.39 is 0 Å². The van der Waals surface area contributed by atoms with Crippen molar-refractivity contribution in [1.82, 2.24) is 24.9 Å². The van der Waals surface area contributed by atoms with Crippen LogP contribution in [0.1, 0.15) is 30.5 Å². The summed E-state index contributed by atoms with van der Waals surface area (Å²) in [6, 6.07) is 1.34. The van der Waals surface area contributed by atoms with Crippen molar-refractivity contribution in [2.45, 2.75) is 19.4 Å². The van der Waals surface area contributed by atoms with Crippen molar-refractivity contribution >= 4 is 5.52 Å². The van der Waals surface area contributed by atoms with Crippen LogP contribution in [-0.2, 0) is 0 Å². The first kappa shape index (κ1) is 13.6. The number of pyridine rings is 1. The molecule has 3 aromatic heterocycles.